The van der Waals surface area contributed by atoms with E-state index in [9.17, 15) is 15.2 Å². The summed E-state index contributed by atoms with van der Waals surface area (Å²) in [6.07, 6.45) is 3.14. The first kappa shape index (κ1) is 15.3. The van der Waals surface area contributed by atoms with Gasteiger partial charge in [0.2, 0.25) is 0 Å². The van der Waals surface area contributed by atoms with Crippen LogP contribution in [0.2, 0.25) is 0 Å². The third kappa shape index (κ3) is 4.19. The molecule has 112 valence electrons. The molecule has 1 saturated heterocycles. The molecule has 0 radical (unpaired) electrons. The molecule has 2 N–H and O–H groups in total. The van der Waals surface area contributed by atoms with Gasteiger partial charge >= 0.3 is 5.82 Å². The van der Waals surface area contributed by atoms with Crippen LogP contribution in [-0.2, 0) is 0 Å². The Labute approximate surface area is 121 Å². The topological polar surface area (TPSA) is 95.3 Å². The number of nitrogens with zero attached hydrogens (tertiary/aromatic N) is 3. The summed E-state index contributed by atoms with van der Waals surface area (Å²) in [4.78, 5) is 19.3. The number of imidazole rings is 1. The van der Waals surface area contributed by atoms with Gasteiger partial charge in [-0.15, -0.1) is 0 Å². The number of hydrogen-bond acceptors (Lipinski definition) is 6. The molecule has 1 aliphatic heterocycles. The number of H-pyrrole nitrogens is 1. The van der Waals surface area contributed by atoms with E-state index >= 15 is 0 Å². The summed E-state index contributed by atoms with van der Waals surface area (Å²) in [5.41, 5.74) is 0. The zero-order valence-corrected chi connectivity index (χ0v) is 12.4. The van der Waals surface area contributed by atoms with Crippen LogP contribution in [0.5, 0.6) is 0 Å². The highest BCUT2D eigenvalue weighted by Gasteiger charge is 2.21. The minimum atomic E-state index is -0.491. The average molecular weight is 300 g/mol. The van der Waals surface area contributed by atoms with E-state index in [0.717, 1.165) is 13.1 Å². The van der Waals surface area contributed by atoms with Crippen molar-refractivity contribution in [3.05, 3.63) is 15.9 Å². The van der Waals surface area contributed by atoms with Gasteiger partial charge in [-0.05, 0) is 30.9 Å². The molecule has 7 nitrogen and oxygen atoms in total. The van der Waals surface area contributed by atoms with Crippen molar-refractivity contribution in [3.8, 4) is 0 Å². The highest BCUT2D eigenvalue weighted by Crippen LogP contribution is 2.27. The number of aliphatic hydroxyl groups is 1. The summed E-state index contributed by atoms with van der Waals surface area (Å²) >= 11 is 1.23. The normalized spacial score (nSPS) is 18.1. The second kappa shape index (κ2) is 7.05. The first-order chi connectivity index (χ1) is 9.56. The van der Waals surface area contributed by atoms with Gasteiger partial charge in [0.1, 0.15) is 0 Å². The Morgan fingerprint density at radius 2 is 2.20 bits per heavy atom. The smallest absolute Gasteiger partial charge is 0.354 e. The molecule has 0 unspecified atom stereocenters. The lowest BCUT2D eigenvalue weighted by Crippen LogP contribution is -2.37. The predicted molar refractivity (Wildman–Crippen MR) is 77.0 cm³/mol. The lowest BCUT2D eigenvalue weighted by atomic mass is 10.1. The summed E-state index contributed by atoms with van der Waals surface area (Å²) < 4.78 is 0. The Balaban J connectivity index is 1.83. The number of aryl methyl sites for hydroxylation is 1. The minimum absolute atomic E-state index is 0.0855. The van der Waals surface area contributed by atoms with Gasteiger partial charge in [0.25, 0.3) is 0 Å². The van der Waals surface area contributed by atoms with Gasteiger partial charge in [-0.2, -0.15) is 4.98 Å². The SMILES string of the molecule is Cc1nc(SC[C@@H](O)CN2CCCCC2)c([N+](=O)[O-])[nH]1. The number of hydrogen-bond donors (Lipinski definition) is 2. The van der Waals surface area contributed by atoms with E-state index in [-0.39, 0.29) is 5.82 Å². The third-order valence-electron chi connectivity index (χ3n) is 3.28. The molecule has 1 fully saturated rings. The molecule has 8 heteroatoms. The fourth-order valence-corrected chi connectivity index (χ4v) is 3.27. The first-order valence-electron chi connectivity index (χ1n) is 6.80. The van der Waals surface area contributed by atoms with Crippen LogP contribution in [0, 0.1) is 17.0 Å². The van der Waals surface area contributed by atoms with Crippen molar-refractivity contribution in [2.75, 3.05) is 25.4 Å². The number of likely N-dealkylation sites (tertiary alicyclic amines) is 1. The van der Waals surface area contributed by atoms with Gasteiger partial charge in [-0.25, -0.2) is 4.98 Å². The Morgan fingerprint density at radius 1 is 1.50 bits per heavy atom. The van der Waals surface area contributed by atoms with Crippen LogP contribution in [0.3, 0.4) is 0 Å². The van der Waals surface area contributed by atoms with Crippen molar-refractivity contribution in [3.63, 3.8) is 0 Å². The number of thioether (sulfide) groups is 1. The summed E-state index contributed by atoms with van der Waals surface area (Å²) in [6, 6.07) is 0. The van der Waals surface area contributed by atoms with Crippen molar-refractivity contribution in [1.82, 2.24) is 14.9 Å². The number of aromatic amines is 1. The Morgan fingerprint density at radius 3 is 2.85 bits per heavy atom. The van der Waals surface area contributed by atoms with E-state index in [1.807, 2.05) is 0 Å². The number of β-amino-alcohol motifs (C(OH)–C–C–N with tert-alkyl or cyclic N) is 1. The van der Waals surface area contributed by atoms with E-state index in [4.69, 9.17) is 0 Å². The molecule has 1 aromatic rings. The number of aromatic nitrogens is 2. The van der Waals surface area contributed by atoms with Gasteiger partial charge in [0.15, 0.2) is 10.9 Å². The third-order valence-corrected chi connectivity index (χ3v) is 4.39. The molecule has 0 saturated carbocycles. The molecular formula is C12H20N4O3S. The average Bonchev–Trinajstić information content (AvgIpc) is 2.79. The van der Waals surface area contributed by atoms with Gasteiger partial charge in [-0.3, -0.25) is 0 Å². The summed E-state index contributed by atoms with van der Waals surface area (Å²) in [7, 11) is 0. The van der Waals surface area contributed by atoms with Crippen LogP contribution in [0.1, 0.15) is 25.1 Å². The molecule has 1 aromatic heterocycles. The number of nitrogens with one attached hydrogen (secondary N) is 1. The fourth-order valence-electron chi connectivity index (χ4n) is 2.35. The Hall–Kier alpha value is -1.12. The first-order valence-corrected chi connectivity index (χ1v) is 7.79. The zero-order chi connectivity index (χ0) is 14.5. The highest BCUT2D eigenvalue weighted by molar-refractivity contribution is 7.99. The number of rotatable bonds is 6. The molecule has 0 amide bonds. The summed E-state index contributed by atoms with van der Waals surface area (Å²) in [5, 5.41) is 21.2. The lowest BCUT2D eigenvalue weighted by molar-refractivity contribution is -0.392. The van der Waals surface area contributed by atoms with Crippen molar-refractivity contribution in [1.29, 1.82) is 0 Å². The predicted octanol–water partition coefficient (Wildman–Crippen LogP) is 1.57. The van der Waals surface area contributed by atoms with Crippen molar-refractivity contribution in [2.45, 2.75) is 37.3 Å². The molecule has 0 bridgehead atoms. The molecule has 1 aliphatic rings. The molecule has 2 heterocycles. The van der Waals surface area contributed by atoms with Crippen LogP contribution in [0.4, 0.5) is 5.82 Å². The molecule has 2 rings (SSSR count). The quantitative estimate of drug-likeness (QED) is 0.470. The summed E-state index contributed by atoms with van der Waals surface area (Å²) in [6.45, 7) is 4.37. The maximum atomic E-state index is 10.8. The van der Waals surface area contributed by atoms with Gasteiger partial charge < -0.3 is 20.1 Å². The van der Waals surface area contributed by atoms with E-state index in [0.29, 0.717) is 23.1 Å². The van der Waals surface area contributed by atoms with Crippen LogP contribution >= 0.6 is 11.8 Å². The van der Waals surface area contributed by atoms with Gasteiger partial charge in [-0.1, -0.05) is 18.2 Å². The van der Waals surface area contributed by atoms with Crippen LogP contribution < -0.4 is 0 Å². The van der Waals surface area contributed by atoms with Gasteiger partial charge in [0.05, 0.1) is 6.10 Å². The van der Waals surface area contributed by atoms with Gasteiger partial charge in [0, 0.05) is 19.2 Å². The standard InChI is InChI=1S/C12H20N4O3S/c1-9-13-11(16(18)19)12(14-9)20-8-10(17)7-15-5-3-2-4-6-15/h10,17H,2-8H2,1H3,(H,13,14)/t10-/m0/s1. The maximum Gasteiger partial charge on any atom is 0.354 e. The zero-order valence-electron chi connectivity index (χ0n) is 11.5. The second-order valence-corrected chi connectivity index (χ2v) is 6.07. The fraction of sp³-hybridized carbons (Fsp3) is 0.750. The molecule has 20 heavy (non-hydrogen) atoms. The van der Waals surface area contributed by atoms with Crippen molar-refractivity contribution >= 4 is 17.6 Å². The maximum absolute atomic E-state index is 10.8. The number of nitro groups is 1. The molecule has 0 aliphatic carbocycles. The number of piperidine rings is 1. The van der Waals surface area contributed by atoms with Crippen LogP contribution in [-0.4, -0.2) is 56.4 Å². The van der Waals surface area contributed by atoms with E-state index in [1.54, 1.807) is 6.92 Å². The minimum Gasteiger partial charge on any atom is -0.391 e. The lowest BCUT2D eigenvalue weighted by Gasteiger charge is -2.28. The van der Waals surface area contributed by atoms with Crippen molar-refractivity contribution < 1.29 is 10.0 Å². The second-order valence-electron chi connectivity index (χ2n) is 5.06. The Kier molecular flexibility index (Phi) is 5.38. The number of aliphatic hydroxyl groups excluding tert-OH is 1. The van der Waals surface area contributed by atoms with Crippen LogP contribution in [0.15, 0.2) is 5.03 Å². The van der Waals surface area contributed by atoms with Crippen molar-refractivity contribution in [2.24, 2.45) is 0 Å². The molecule has 1 atom stereocenters. The van der Waals surface area contributed by atoms with E-state index < -0.39 is 11.0 Å². The van der Waals surface area contributed by atoms with Crippen LogP contribution in [0.25, 0.3) is 0 Å². The molecular weight excluding hydrogens is 280 g/mol. The van der Waals surface area contributed by atoms with E-state index in [1.165, 1.54) is 31.0 Å². The molecule has 0 aromatic carbocycles. The molecule has 0 spiro atoms. The summed E-state index contributed by atoms with van der Waals surface area (Å²) in [5.74, 6) is 0.851. The monoisotopic (exact) mass is 300 g/mol. The largest absolute Gasteiger partial charge is 0.391 e. The van der Waals surface area contributed by atoms with E-state index in [2.05, 4.69) is 14.9 Å². The Bertz CT molecular complexity index is 460. The highest BCUT2D eigenvalue weighted by atomic mass is 32.2.